The molecule has 0 saturated heterocycles. The lowest BCUT2D eigenvalue weighted by atomic mass is 9.93. The summed E-state index contributed by atoms with van der Waals surface area (Å²) in [6.45, 7) is 4.45. The molecule has 0 aliphatic heterocycles. The number of quaternary nitrogens is 1. The maximum Gasteiger partial charge on any atom is 0.125 e. The highest BCUT2D eigenvalue weighted by Gasteiger charge is 2.18. The lowest BCUT2D eigenvalue weighted by molar-refractivity contribution is -0.836. The van der Waals surface area contributed by atoms with Crippen LogP contribution in [-0.2, 0) is 23.0 Å². The van der Waals surface area contributed by atoms with E-state index in [-0.39, 0.29) is 4.90 Å². The van der Waals surface area contributed by atoms with Crippen LogP contribution in [-0.4, -0.2) is 34.1 Å². The zero-order valence-corrected chi connectivity index (χ0v) is 24.6. The van der Waals surface area contributed by atoms with E-state index in [9.17, 15) is 13.0 Å². The first-order chi connectivity index (χ1) is 17.2. The zero-order valence-electron chi connectivity index (χ0n) is 23.8. The summed E-state index contributed by atoms with van der Waals surface area (Å²) in [5, 5.41) is 1.45. The molecule has 0 aliphatic rings. The van der Waals surface area contributed by atoms with Crippen LogP contribution < -0.4 is 4.90 Å². The van der Waals surface area contributed by atoms with Crippen molar-refractivity contribution < 1.29 is 17.9 Å². The van der Waals surface area contributed by atoms with Crippen LogP contribution in [0.4, 0.5) is 0 Å². The van der Waals surface area contributed by atoms with Crippen molar-refractivity contribution in [2.24, 2.45) is 0 Å². The van der Waals surface area contributed by atoms with Crippen molar-refractivity contribution in [2.75, 3.05) is 21.1 Å². The number of hydrogen-bond donors (Lipinski definition) is 1. The fraction of sp³-hybridized carbons (Fsp3) is 0.677. The number of rotatable bonds is 17. The van der Waals surface area contributed by atoms with Crippen LogP contribution in [0.3, 0.4) is 0 Å². The summed E-state index contributed by atoms with van der Waals surface area (Å²) in [6, 6.07) is 9.58. The van der Waals surface area contributed by atoms with E-state index in [0.29, 0.717) is 11.8 Å². The smallest absolute Gasteiger partial charge is 0.125 e. The second-order valence-corrected chi connectivity index (χ2v) is 12.1. The summed E-state index contributed by atoms with van der Waals surface area (Å²) in [4.78, 5) is 1.46. The molecule has 0 radical (unpaired) electrons. The van der Waals surface area contributed by atoms with Gasteiger partial charge in [0.15, 0.2) is 0 Å². The van der Waals surface area contributed by atoms with Gasteiger partial charge in [0.2, 0.25) is 0 Å². The minimum absolute atomic E-state index is 0.0412. The first-order valence-electron chi connectivity index (χ1n) is 14.5. The minimum atomic E-state index is -4.53. The third kappa shape index (κ3) is 13.2. The topological polar surface area (TPSA) is 61.6 Å². The van der Waals surface area contributed by atoms with Gasteiger partial charge >= 0.3 is 0 Å². The lowest BCUT2D eigenvalue weighted by Crippen LogP contribution is -3.02. The van der Waals surface area contributed by atoms with Crippen LogP contribution in [0.15, 0.2) is 35.2 Å². The SMILES string of the molecule is CCCCCCCCCc1cc2ccccc2c(S(=O)(=O)[O-])c1CCCCCCCCC.C[NH+](C)C. The van der Waals surface area contributed by atoms with Crippen LogP contribution in [0, 0.1) is 0 Å². The number of nitrogens with one attached hydrogen (secondary N) is 1. The van der Waals surface area contributed by atoms with Crippen LogP contribution in [0.1, 0.15) is 115 Å². The van der Waals surface area contributed by atoms with E-state index >= 15 is 0 Å². The predicted molar refractivity (Wildman–Crippen MR) is 154 cm³/mol. The molecule has 1 N–H and O–H groups in total. The Morgan fingerprint density at radius 3 is 1.64 bits per heavy atom. The zero-order chi connectivity index (χ0) is 26.8. The summed E-state index contributed by atoms with van der Waals surface area (Å²) >= 11 is 0. The summed E-state index contributed by atoms with van der Waals surface area (Å²) in [7, 11) is 1.72. The molecule has 0 atom stereocenters. The molecule has 0 unspecified atom stereocenters. The van der Waals surface area contributed by atoms with Crippen molar-refractivity contribution in [1.82, 2.24) is 0 Å². The van der Waals surface area contributed by atoms with Gasteiger partial charge in [-0.15, -0.1) is 0 Å². The minimum Gasteiger partial charge on any atom is -0.744 e. The van der Waals surface area contributed by atoms with Gasteiger partial charge < -0.3 is 9.45 Å². The van der Waals surface area contributed by atoms with Gasteiger partial charge in [0.05, 0.1) is 26.0 Å². The molecule has 2 aromatic rings. The Labute approximate surface area is 222 Å². The van der Waals surface area contributed by atoms with E-state index in [4.69, 9.17) is 0 Å². The standard InChI is InChI=1S/C28H44O3S.C3H9N/c1-3-5-7-9-11-13-15-19-24-23-25-20-17-18-22-27(25)28(32(29,30)31)26(24)21-16-14-12-10-8-6-4-2;1-4(2)3/h17-18,20,22-23H,3-16,19,21H2,1-2H3,(H,29,30,31);1-3H3. The van der Waals surface area contributed by atoms with Crippen molar-refractivity contribution in [3.05, 3.63) is 41.5 Å². The van der Waals surface area contributed by atoms with Crippen LogP contribution in [0.5, 0.6) is 0 Å². The Kier molecular flexibility index (Phi) is 17.0. The normalized spacial score (nSPS) is 11.6. The first kappa shape index (κ1) is 32.6. The highest BCUT2D eigenvalue weighted by atomic mass is 32.2. The van der Waals surface area contributed by atoms with Gasteiger partial charge in [-0.1, -0.05) is 121 Å². The van der Waals surface area contributed by atoms with Crippen molar-refractivity contribution in [3.63, 3.8) is 0 Å². The molecular formula is C31H53NO3S. The Morgan fingerprint density at radius 2 is 1.14 bits per heavy atom. The van der Waals surface area contributed by atoms with Crippen molar-refractivity contribution in [3.8, 4) is 0 Å². The maximum absolute atomic E-state index is 12.3. The fourth-order valence-electron chi connectivity index (χ4n) is 4.73. The van der Waals surface area contributed by atoms with Crippen LogP contribution in [0.2, 0.25) is 0 Å². The molecule has 0 spiro atoms. The summed E-state index contributed by atoms with van der Waals surface area (Å²) < 4.78 is 37.0. The number of fused-ring (bicyclic) bond motifs is 1. The molecule has 36 heavy (non-hydrogen) atoms. The third-order valence-corrected chi connectivity index (χ3v) is 7.49. The van der Waals surface area contributed by atoms with Gasteiger partial charge in [0, 0.05) is 0 Å². The highest BCUT2D eigenvalue weighted by molar-refractivity contribution is 7.86. The predicted octanol–water partition coefficient (Wildman–Crippen LogP) is 7.09. The van der Waals surface area contributed by atoms with Gasteiger partial charge in [0.25, 0.3) is 0 Å². The van der Waals surface area contributed by atoms with E-state index in [1.165, 1.54) is 69.1 Å². The third-order valence-electron chi connectivity index (χ3n) is 6.53. The highest BCUT2D eigenvalue weighted by Crippen LogP contribution is 2.32. The second-order valence-electron chi connectivity index (χ2n) is 10.8. The van der Waals surface area contributed by atoms with Gasteiger partial charge in [-0.05, 0) is 47.6 Å². The lowest BCUT2D eigenvalue weighted by Gasteiger charge is -2.20. The van der Waals surface area contributed by atoms with E-state index in [1.54, 1.807) is 6.07 Å². The summed E-state index contributed by atoms with van der Waals surface area (Å²) in [5.74, 6) is 0. The van der Waals surface area contributed by atoms with E-state index in [0.717, 1.165) is 48.6 Å². The molecule has 0 fully saturated rings. The molecule has 0 aliphatic carbocycles. The molecule has 0 amide bonds. The molecule has 206 valence electrons. The maximum atomic E-state index is 12.3. The van der Waals surface area contributed by atoms with E-state index in [2.05, 4.69) is 41.1 Å². The number of hydrogen-bond acceptors (Lipinski definition) is 3. The number of benzene rings is 2. The van der Waals surface area contributed by atoms with Crippen molar-refractivity contribution >= 4 is 20.9 Å². The fourth-order valence-corrected chi connectivity index (χ4v) is 5.72. The second kappa shape index (κ2) is 18.8. The molecule has 2 rings (SSSR count). The molecule has 0 aromatic heterocycles. The average molecular weight is 520 g/mol. The van der Waals surface area contributed by atoms with Gasteiger partial charge in [-0.3, -0.25) is 0 Å². The van der Waals surface area contributed by atoms with Crippen LogP contribution in [0.25, 0.3) is 10.8 Å². The van der Waals surface area contributed by atoms with Gasteiger partial charge in [0.1, 0.15) is 10.1 Å². The van der Waals surface area contributed by atoms with E-state index in [1.807, 2.05) is 18.2 Å². The Hall–Kier alpha value is -1.43. The van der Waals surface area contributed by atoms with Gasteiger partial charge in [-0.2, -0.15) is 0 Å². The quantitative estimate of drug-likeness (QED) is 0.179. The first-order valence-corrected chi connectivity index (χ1v) is 15.9. The summed E-state index contributed by atoms with van der Waals surface area (Å²) in [5.41, 5.74) is 1.86. The molecular weight excluding hydrogens is 466 g/mol. The number of aryl methyl sites for hydroxylation is 1. The van der Waals surface area contributed by atoms with Gasteiger partial charge in [-0.25, -0.2) is 8.42 Å². The Morgan fingerprint density at radius 1 is 0.694 bits per heavy atom. The largest absolute Gasteiger partial charge is 0.744 e. The average Bonchev–Trinajstić information content (AvgIpc) is 2.81. The Bertz CT molecular complexity index is 951. The molecule has 0 bridgehead atoms. The van der Waals surface area contributed by atoms with E-state index < -0.39 is 10.1 Å². The van der Waals surface area contributed by atoms with Crippen molar-refractivity contribution in [1.29, 1.82) is 0 Å². The molecule has 0 saturated carbocycles. The Balaban J connectivity index is 0.00000150. The van der Waals surface area contributed by atoms with Crippen LogP contribution >= 0.6 is 0 Å². The monoisotopic (exact) mass is 519 g/mol. The molecule has 2 aromatic carbocycles. The number of unbranched alkanes of at least 4 members (excludes halogenated alkanes) is 12. The van der Waals surface area contributed by atoms with Crippen molar-refractivity contribution in [2.45, 2.75) is 121 Å². The molecule has 0 heterocycles. The summed E-state index contributed by atoms with van der Waals surface area (Å²) in [6.07, 6.45) is 18.4. The molecule has 4 nitrogen and oxygen atoms in total. The molecule has 5 heteroatoms.